The lowest BCUT2D eigenvalue weighted by molar-refractivity contribution is 0.252. The third-order valence-electron chi connectivity index (χ3n) is 4.90. The van der Waals surface area contributed by atoms with Gasteiger partial charge in [0.25, 0.3) is 0 Å². The van der Waals surface area contributed by atoms with Gasteiger partial charge in [-0.25, -0.2) is 4.98 Å². The summed E-state index contributed by atoms with van der Waals surface area (Å²) in [4.78, 5) is 8.94. The smallest absolute Gasteiger partial charge is 0.149 e. The van der Waals surface area contributed by atoms with E-state index in [0.29, 0.717) is 35.0 Å². The van der Waals surface area contributed by atoms with E-state index >= 15 is 0 Å². The first-order valence-corrected chi connectivity index (χ1v) is 8.77. The van der Waals surface area contributed by atoms with Gasteiger partial charge in [-0.2, -0.15) is 10.5 Å². The molecule has 1 aromatic heterocycles. The van der Waals surface area contributed by atoms with Crippen molar-refractivity contribution in [1.82, 2.24) is 9.88 Å². The summed E-state index contributed by atoms with van der Waals surface area (Å²) in [5, 5.41) is 19.1. The number of rotatable bonds is 3. The van der Waals surface area contributed by atoms with Crippen LogP contribution >= 0.6 is 11.6 Å². The molecule has 3 heterocycles. The summed E-state index contributed by atoms with van der Waals surface area (Å²) in [6.07, 6.45) is 8.22. The van der Waals surface area contributed by atoms with Crippen molar-refractivity contribution >= 4 is 17.4 Å². The first-order valence-electron chi connectivity index (χ1n) is 8.39. The summed E-state index contributed by atoms with van der Waals surface area (Å²) in [6, 6.07) is 4.89. The Balaban J connectivity index is 1.85. The molecule has 24 heavy (non-hydrogen) atoms. The molecule has 0 bridgehead atoms. The van der Waals surface area contributed by atoms with Crippen molar-refractivity contribution in [2.24, 2.45) is 0 Å². The Morgan fingerprint density at radius 3 is 2.46 bits per heavy atom. The summed E-state index contributed by atoms with van der Waals surface area (Å²) in [6.45, 7) is 4.74. The molecule has 1 fully saturated rings. The highest BCUT2D eigenvalue weighted by Crippen LogP contribution is 2.31. The lowest BCUT2D eigenvalue weighted by Crippen LogP contribution is -2.43. The number of nitriles is 2. The molecule has 2 aliphatic rings. The minimum absolute atomic E-state index is 0.202. The van der Waals surface area contributed by atoms with Crippen LogP contribution in [0.3, 0.4) is 0 Å². The van der Waals surface area contributed by atoms with Gasteiger partial charge in [-0.3, -0.25) is 0 Å². The van der Waals surface area contributed by atoms with Gasteiger partial charge in [-0.1, -0.05) is 24.6 Å². The van der Waals surface area contributed by atoms with E-state index in [1.165, 1.54) is 0 Å². The SMILES string of the molecule is CCc1c(C#N)c(Cl)nc(N2CCC(N3C=CCC3)CC2)c1C#N. The van der Waals surface area contributed by atoms with Gasteiger partial charge < -0.3 is 9.80 Å². The Morgan fingerprint density at radius 1 is 1.21 bits per heavy atom. The minimum atomic E-state index is 0.202. The van der Waals surface area contributed by atoms with Crippen LogP contribution in [0.25, 0.3) is 0 Å². The van der Waals surface area contributed by atoms with Gasteiger partial charge in [0.2, 0.25) is 0 Å². The molecule has 0 aromatic carbocycles. The molecular formula is C18H20ClN5. The fraction of sp³-hybridized carbons (Fsp3) is 0.500. The molecule has 0 spiro atoms. The number of piperidine rings is 1. The van der Waals surface area contributed by atoms with E-state index in [-0.39, 0.29) is 5.15 Å². The van der Waals surface area contributed by atoms with Crippen LogP contribution in [0, 0.1) is 22.7 Å². The van der Waals surface area contributed by atoms with Gasteiger partial charge in [0, 0.05) is 25.7 Å². The van der Waals surface area contributed by atoms with E-state index in [2.05, 4.69) is 39.2 Å². The monoisotopic (exact) mass is 341 g/mol. The Labute approximate surface area is 147 Å². The molecule has 0 atom stereocenters. The van der Waals surface area contributed by atoms with E-state index < -0.39 is 0 Å². The quantitative estimate of drug-likeness (QED) is 0.789. The predicted octanol–water partition coefficient (Wildman–Crippen LogP) is 3.23. The highest BCUT2D eigenvalue weighted by Gasteiger charge is 2.28. The Kier molecular flexibility index (Phi) is 4.92. The van der Waals surface area contributed by atoms with Crippen LogP contribution in [-0.2, 0) is 6.42 Å². The first-order chi connectivity index (χ1) is 11.7. The number of anilines is 1. The summed E-state index contributed by atoms with van der Waals surface area (Å²) in [7, 11) is 0. The van der Waals surface area contributed by atoms with Crippen molar-refractivity contribution in [2.45, 2.75) is 38.6 Å². The van der Waals surface area contributed by atoms with Crippen LogP contribution in [-0.4, -0.2) is 35.6 Å². The van der Waals surface area contributed by atoms with Crippen molar-refractivity contribution in [3.63, 3.8) is 0 Å². The molecule has 6 heteroatoms. The number of aromatic nitrogens is 1. The van der Waals surface area contributed by atoms with Crippen LogP contribution in [0.2, 0.25) is 5.15 Å². The second-order valence-corrected chi connectivity index (χ2v) is 6.52. The molecule has 0 unspecified atom stereocenters. The van der Waals surface area contributed by atoms with E-state index in [0.717, 1.165) is 38.9 Å². The van der Waals surface area contributed by atoms with Crippen molar-refractivity contribution in [1.29, 1.82) is 10.5 Å². The summed E-state index contributed by atoms with van der Waals surface area (Å²) in [5.41, 5.74) is 1.54. The lowest BCUT2D eigenvalue weighted by Gasteiger charge is -2.37. The zero-order chi connectivity index (χ0) is 17.1. The van der Waals surface area contributed by atoms with Gasteiger partial charge in [0.1, 0.15) is 23.1 Å². The fourth-order valence-corrected chi connectivity index (χ4v) is 3.86. The Bertz CT molecular complexity index is 735. The predicted molar refractivity (Wildman–Crippen MR) is 93.8 cm³/mol. The third kappa shape index (κ3) is 2.92. The Morgan fingerprint density at radius 2 is 1.92 bits per heavy atom. The van der Waals surface area contributed by atoms with Crippen molar-refractivity contribution in [2.75, 3.05) is 24.5 Å². The van der Waals surface area contributed by atoms with Crippen LogP contribution in [0.15, 0.2) is 12.3 Å². The van der Waals surface area contributed by atoms with Gasteiger partial charge >= 0.3 is 0 Å². The summed E-state index contributed by atoms with van der Waals surface area (Å²) < 4.78 is 0. The number of nitrogens with zero attached hydrogens (tertiary/aromatic N) is 5. The van der Waals surface area contributed by atoms with E-state index in [4.69, 9.17) is 11.6 Å². The maximum atomic E-state index is 9.61. The second-order valence-electron chi connectivity index (χ2n) is 6.16. The van der Waals surface area contributed by atoms with Gasteiger partial charge in [0.15, 0.2) is 0 Å². The third-order valence-corrected chi connectivity index (χ3v) is 5.17. The van der Waals surface area contributed by atoms with Crippen LogP contribution in [0.5, 0.6) is 0 Å². The van der Waals surface area contributed by atoms with Crippen molar-refractivity contribution < 1.29 is 0 Å². The van der Waals surface area contributed by atoms with Crippen LogP contribution < -0.4 is 4.90 Å². The average Bonchev–Trinajstić information content (AvgIpc) is 3.15. The maximum Gasteiger partial charge on any atom is 0.149 e. The van der Waals surface area contributed by atoms with E-state index in [1.54, 1.807) is 0 Å². The summed E-state index contributed by atoms with van der Waals surface area (Å²) >= 11 is 6.21. The average molecular weight is 342 g/mol. The second kappa shape index (κ2) is 7.11. The van der Waals surface area contributed by atoms with Crippen molar-refractivity contribution in [3.8, 4) is 12.1 Å². The molecule has 124 valence electrons. The normalized spacial score (nSPS) is 17.8. The van der Waals surface area contributed by atoms with Gasteiger partial charge in [0.05, 0.1) is 11.1 Å². The number of hydrogen-bond acceptors (Lipinski definition) is 5. The van der Waals surface area contributed by atoms with E-state index in [9.17, 15) is 10.5 Å². The van der Waals surface area contributed by atoms with Crippen molar-refractivity contribution in [3.05, 3.63) is 34.1 Å². The zero-order valence-electron chi connectivity index (χ0n) is 13.8. The zero-order valence-corrected chi connectivity index (χ0v) is 14.6. The first kappa shape index (κ1) is 16.6. The highest BCUT2D eigenvalue weighted by molar-refractivity contribution is 6.30. The molecule has 3 rings (SSSR count). The molecule has 0 amide bonds. The summed E-state index contributed by atoms with van der Waals surface area (Å²) in [5.74, 6) is 0.633. The molecule has 5 nitrogen and oxygen atoms in total. The largest absolute Gasteiger partial charge is 0.374 e. The molecule has 0 aliphatic carbocycles. The number of pyridine rings is 1. The number of hydrogen-bond donors (Lipinski definition) is 0. The minimum Gasteiger partial charge on any atom is -0.374 e. The molecule has 1 saturated heterocycles. The van der Waals surface area contributed by atoms with Gasteiger partial charge in [-0.05, 0) is 37.4 Å². The molecule has 0 radical (unpaired) electrons. The topological polar surface area (TPSA) is 67.0 Å². The number of halogens is 1. The molecular weight excluding hydrogens is 322 g/mol. The van der Waals surface area contributed by atoms with Gasteiger partial charge in [-0.15, -0.1) is 0 Å². The Hall–Kier alpha value is -2.24. The van der Waals surface area contributed by atoms with Crippen LogP contribution in [0.4, 0.5) is 5.82 Å². The molecule has 0 saturated carbocycles. The maximum absolute atomic E-state index is 9.61. The standard InChI is InChI=1S/C18H20ClN5/c1-2-14-15(11-20)17(19)22-18(16(14)12-21)24-9-5-13(6-10-24)23-7-3-4-8-23/h3,7,13H,2,4-6,8-10H2,1H3. The van der Waals surface area contributed by atoms with Crippen LogP contribution in [0.1, 0.15) is 42.9 Å². The molecule has 0 N–H and O–H groups in total. The fourth-order valence-electron chi connectivity index (χ4n) is 3.62. The molecule has 1 aromatic rings. The van der Waals surface area contributed by atoms with E-state index in [1.807, 2.05) is 6.92 Å². The lowest BCUT2D eigenvalue weighted by atomic mass is 9.99. The highest BCUT2D eigenvalue weighted by atomic mass is 35.5. The molecule has 2 aliphatic heterocycles.